The smallest absolute Gasteiger partial charge is 0.246 e. The third-order valence-electron chi connectivity index (χ3n) is 10.0. The van der Waals surface area contributed by atoms with E-state index in [0.717, 1.165) is 38.4 Å². The van der Waals surface area contributed by atoms with E-state index in [9.17, 15) is 14.0 Å². The summed E-state index contributed by atoms with van der Waals surface area (Å²) >= 11 is 1.42. The number of rotatable bonds is 7. The van der Waals surface area contributed by atoms with E-state index in [0.29, 0.717) is 42.2 Å². The van der Waals surface area contributed by atoms with Gasteiger partial charge in [-0.05, 0) is 49.6 Å². The minimum absolute atomic E-state index is 0.000989. The van der Waals surface area contributed by atoms with Gasteiger partial charge in [0.1, 0.15) is 28.8 Å². The molecule has 8 rings (SSSR count). The van der Waals surface area contributed by atoms with Gasteiger partial charge in [-0.3, -0.25) is 14.3 Å². The lowest BCUT2D eigenvalue weighted by molar-refractivity contribution is -0.129. The molecule has 1 saturated heterocycles. The molecule has 13 heteroatoms. The first-order valence-electron chi connectivity index (χ1n) is 16.7. The summed E-state index contributed by atoms with van der Waals surface area (Å²) in [4.78, 5) is 38.3. The summed E-state index contributed by atoms with van der Waals surface area (Å²) in [6.45, 7) is 8.63. The van der Waals surface area contributed by atoms with Gasteiger partial charge in [0, 0.05) is 72.9 Å². The topological polar surface area (TPSA) is 98.4 Å². The number of amides is 2. The molecule has 51 heavy (non-hydrogen) atoms. The molecule has 10 nitrogen and oxygen atoms in total. The minimum Gasteiger partial charge on any atom is -0.492 e. The van der Waals surface area contributed by atoms with Crippen molar-refractivity contribution in [2.24, 2.45) is 13.0 Å². The average Bonchev–Trinajstić information content (AvgIpc) is 3.91. The van der Waals surface area contributed by atoms with Crippen molar-refractivity contribution in [2.45, 2.75) is 32.4 Å². The fourth-order valence-corrected chi connectivity index (χ4v) is 8.34. The molecule has 260 valence electrons. The number of ether oxygens (including phenoxy) is 1. The van der Waals surface area contributed by atoms with Crippen LogP contribution < -0.4 is 4.74 Å². The summed E-state index contributed by atoms with van der Waals surface area (Å²) in [5.41, 5.74) is 5.37. The summed E-state index contributed by atoms with van der Waals surface area (Å²) in [5, 5.41) is 7.74. The van der Waals surface area contributed by atoms with E-state index in [-0.39, 0.29) is 47.7 Å². The fraction of sp³-hybridized carbons (Fsp3) is 0.289. The molecular weight excluding hydrogens is 673 g/mol. The highest BCUT2D eigenvalue weighted by Crippen LogP contribution is 2.48. The quantitative estimate of drug-likeness (QED) is 0.163. The maximum absolute atomic E-state index is 16.4. The second-order valence-electron chi connectivity index (χ2n) is 13.4. The van der Waals surface area contributed by atoms with Crippen LogP contribution in [0.3, 0.4) is 0 Å². The van der Waals surface area contributed by atoms with Crippen LogP contribution in [0.25, 0.3) is 54.9 Å². The van der Waals surface area contributed by atoms with E-state index in [1.54, 1.807) is 23.2 Å². The Morgan fingerprint density at radius 3 is 2.67 bits per heavy atom. The van der Waals surface area contributed by atoms with Crippen LogP contribution in [0.4, 0.5) is 8.78 Å². The molecule has 0 bridgehead atoms. The first-order valence-corrected chi connectivity index (χ1v) is 17.6. The largest absolute Gasteiger partial charge is 0.492 e. The molecule has 6 aromatic rings. The Bertz CT molecular complexity index is 2400. The molecule has 0 aliphatic carbocycles. The van der Waals surface area contributed by atoms with Crippen molar-refractivity contribution in [3.05, 3.63) is 84.2 Å². The number of aryl methyl sites for hydroxylation is 1. The summed E-state index contributed by atoms with van der Waals surface area (Å²) < 4.78 is 42.1. The highest BCUT2D eigenvalue weighted by Gasteiger charge is 2.34. The normalized spacial score (nSPS) is 18.9. The van der Waals surface area contributed by atoms with E-state index >= 15 is 4.39 Å². The molecule has 6 heterocycles. The standard InChI is InChI=1S/C38H35F2N7O3S/c1-6-32(48)46-16-20(2)47-30(21(46)3)15-28(43-47)37-35(34-26(40)13-24(39)14-31(34)50-18-22-11-33(49)44(4)17-22)38-25(9-10-51-38)36(42-37)23-7-8-29-27(12-23)41-19-45(29)5/h6-10,12-15,19-22H,1,11,16-18H2,2-5H3/t20-,21+,22+/m0/s1. The number of thiophene rings is 1. The van der Waals surface area contributed by atoms with Gasteiger partial charge in [0.2, 0.25) is 11.8 Å². The van der Waals surface area contributed by atoms with Gasteiger partial charge < -0.3 is 19.1 Å². The molecule has 4 aromatic heterocycles. The lowest BCUT2D eigenvalue weighted by Gasteiger charge is -2.36. The van der Waals surface area contributed by atoms with Crippen molar-refractivity contribution >= 4 is 44.3 Å². The number of carbonyl (C=O) groups excluding carboxylic acids is 2. The molecular formula is C38H35F2N7O3S. The summed E-state index contributed by atoms with van der Waals surface area (Å²) in [6, 6.07) is 11.3. The molecule has 2 aromatic carbocycles. The van der Waals surface area contributed by atoms with Crippen LogP contribution in [0, 0.1) is 17.6 Å². The van der Waals surface area contributed by atoms with E-state index < -0.39 is 11.6 Å². The number of carbonyl (C=O) groups is 2. The highest BCUT2D eigenvalue weighted by molar-refractivity contribution is 7.18. The van der Waals surface area contributed by atoms with E-state index in [4.69, 9.17) is 14.8 Å². The molecule has 1 fully saturated rings. The zero-order valence-corrected chi connectivity index (χ0v) is 29.4. The minimum atomic E-state index is -0.807. The Hall–Kier alpha value is -5.43. The molecule has 3 atom stereocenters. The van der Waals surface area contributed by atoms with Gasteiger partial charge >= 0.3 is 0 Å². The Labute approximate surface area is 296 Å². The van der Waals surface area contributed by atoms with Gasteiger partial charge in [-0.25, -0.2) is 18.7 Å². The Balaban J connectivity index is 1.36. The van der Waals surface area contributed by atoms with Gasteiger partial charge in [-0.1, -0.05) is 12.6 Å². The summed E-state index contributed by atoms with van der Waals surface area (Å²) in [7, 11) is 3.66. The van der Waals surface area contributed by atoms with Crippen LogP contribution in [0.15, 0.2) is 66.8 Å². The Morgan fingerprint density at radius 1 is 1.08 bits per heavy atom. The van der Waals surface area contributed by atoms with Crippen molar-refractivity contribution in [3.63, 3.8) is 0 Å². The molecule has 0 N–H and O–H groups in total. The number of imidazole rings is 1. The highest BCUT2D eigenvalue weighted by atomic mass is 32.1. The van der Waals surface area contributed by atoms with Crippen molar-refractivity contribution in [1.82, 2.24) is 34.1 Å². The fourth-order valence-electron chi connectivity index (χ4n) is 7.40. The number of aromatic nitrogens is 5. The SMILES string of the molecule is C=CC(=O)N1C[C@H](C)n2nc(-c3nc(-c4ccc5c(c4)ncn5C)c4ccsc4c3-c3c(F)cc(F)cc3OC[C@@H]3CC(=O)N(C)C3)cc2[C@H]1C. The van der Waals surface area contributed by atoms with Crippen molar-refractivity contribution in [1.29, 1.82) is 0 Å². The van der Waals surface area contributed by atoms with Crippen molar-refractivity contribution in [2.75, 3.05) is 26.7 Å². The zero-order valence-electron chi connectivity index (χ0n) is 28.6. The van der Waals surface area contributed by atoms with Gasteiger partial charge in [-0.15, -0.1) is 11.3 Å². The third-order valence-corrected chi connectivity index (χ3v) is 10.9. The monoisotopic (exact) mass is 707 g/mol. The predicted molar refractivity (Wildman–Crippen MR) is 192 cm³/mol. The average molecular weight is 708 g/mol. The third kappa shape index (κ3) is 5.47. The Kier molecular flexibility index (Phi) is 7.97. The number of likely N-dealkylation sites (tertiary alicyclic amines) is 1. The molecule has 2 aliphatic rings. The summed E-state index contributed by atoms with van der Waals surface area (Å²) in [6.07, 6.45) is 3.36. The maximum atomic E-state index is 16.4. The molecule has 2 aliphatic heterocycles. The summed E-state index contributed by atoms with van der Waals surface area (Å²) in [5.74, 6) is -1.88. The first-order chi connectivity index (χ1) is 24.5. The van der Waals surface area contributed by atoms with Crippen LogP contribution in [0.5, 0.6) is 5.75 Å². The molecule has 0 saturated carbocycles. The number of fused-ring (bicyclic) bond motifs is 3. The Morgan fingerprint density at radius 2 is 1.90 bits per heavy atom. The van der Waals surface area contributed by atoms with Crippen LogP contribution in [0.2, 0.25) is 0 Å². The first kappa shape index (κ1) is 32.8. The van der Waals surface area contributed by atoms with E-state index in [1.165, 1.54) is 23.5 Å². The van der Waals surface area contributed by atoms with Gasteiger partial charge in [0.15, 0.2) is 0 Å². The number of benzene rings is 2. The van der Waals surface area contributed by atoms with Crippen molar-refractivity contribution < 1.29 is 23.1 Å². The molecule has 0 unspecified atom stereocenters. The van der Waals surface area contributed by atoms with Gasteiger partial charge in [-0.2, -0.15) is 5.10 Å². The molecule has 0 radical (unpaired) electrons. The van der Waals surface area contributed by atoms with E-state index in [2.05, 4.69) is 11.6 Å². The van der Waals surface area contributed by atoms with Crippen LogP contribution in [0.1, 0.15) is 38.0 Å². The maximum Gasteiger partial charge on any atom is 0.246 e. The predicted octanol–water partition coefficient (Wildman–Crippen LogP) is 7.17. The molecule has 0 spiro atoms. The lowest BCUT2D eigenvalue weighted by atomic mass is 9.96. The molecule has 2 amide bonds. The van der Waals surface area contributed by atoms with Crippen LogP contribution >= 0.6 is 11.3 Å². The van der Waals surface area contributed by atoms with Crippen LogP contribution in [-0.2, 0) is 16.6 Å². The van der Waals surface area contributed by atoms with E-state index in [1.807, 2.05) is 65.9 Å². The second kappa shape index (κ2) is 12.4. The van der Waals surface area contributed by atoms with Gasteiger partial charge in [0.05, 0.1) is 53.0 Å². The zero-order chi connectivity index (χ0) is 35.7. The number of halogens is 2. The number of hydrogen-bond donors (Lipinski definition) is 0. The number of hydrogen-bond acceptors (Lipinski definition) is 7. The van der Waals surface area contributed by atoms with Crippen LogP contribution in [-0.4, -0.2) is 72.7 Å². The number of nitrogens with zero attached hydrogens (tertiary/aromatic N) is 7. The second-order valence-corrected chi connectivity index (χ2v) is 14.4. The van der Waals surface area contributed by atoms with Crippen molar-refractivity contribution in [3.8, 4) is 39.5 Å². The lowest BCUT2D eigenvalue weighted by Crippen LogP contribution is -2.42. The van der Waals surface area contributed by atoms with Gasteiger partial charge in [0.25, 0.3) is 0 Å². The number of pyridine rings is 1.